The summed E-state index contributed by atoms with van der Waals surface area (Å²) < 4.78 is 41.0. The zero-order valence-electron chi connectivity index (χ0n) is 10.8. The molecule has 0 unspecified atom stereocenters. The van der Waals surface area contributed by atoms with Crippen LogP contribution in [0.3, 0.4) is 0 Å². The summed E-state index contributed by atoms with van der Waals surface area (Å²) in [5.74, 6) is -0.949. The van der Waals surface area contributed by atoms with Gasteiger partial charge < -0.3 is 10.1 Å². The van der Waals surface area contributed by atoms with E-state index in [0.717, 1.165) is 11.8 Å². The van der Waals surface area contributed by atoms with Gasteiger partial charge in [-0.15, -0.1) is 0 Å². The molecule has 1 aromatic heterocycles. The first-order valence-electron chi connectivity index (χ1n) is 5.99. The number of benzene rings is 1. The number of aliphatic hydroxyl groups excluding tert-OH is 1. The Labute approximate surface area is 129 Å². The molecule has 0 amide bonds. The van der Waals surface area contributed by atoms with Crippen molar-refractivity contribution in [3.63, 3.8) is 0 Å². The molecule has 114 valence electrons. The summed E-state index contributed by atoms with van der Waals surface area (Å²) in [7, 11) is -4.00. The molecule has 0 aliphatic carbocycles. The molecule has 0 bridgehead atoms. The molecule has 0 aliphatic heterocycles. The molecule has 1 heterocycles. The molecule has 3 N–H and O–H groups in total. The quantitative estimate of drug-likeness (QED) is 0.707. The average Bonchev–Trinajstić information content (AvgIpc) is 2.93. The molecule has 0 radical (unpaired) electrons. The highest BCUT2D eigenvalue weighted by Gasteiger charge is 2.21. The predicted octanol–water partition coefficient (Wildman–Crippen LogP) is 1.32. The summed E-state index contributed by atoms with van der Waals surface area (Å²) in [6, 6.07) is 2.49. The Hall–Kier alpha value is -1.29. The van der Waals surface area contributed by atoms with Crippen LogP contribution in [-0.2, 0) is 23.1 Å². The van der Waals surface area contributed by atoms with Gasteiger partial charge in [0, 0.05) is 34.9 Å². The molecule has 0 saturated heterocycles. The SMILES string of the molecule is O=S(=O)(NCCc1cnc[nH]1)c1cc(Br)cc(CO)c1F. The van der Waals surface area contributed by atoms with Crippen molar-refractivity contribution >= 4 is 26.0 Å². The predicted molar refractivity (Wildman–Crippen MR) is 77.5 cm³/mol. The molecule has 21 heavy (non-hydrogen) atoms. The van der Waals surface area contributed by atoms with Crippen LogP contribution in [0, 0.1) is 5.82 Å². The van der Waals surface area contributed by atoms with Crippen molar-refractivity contribution in [1.29, 1.82) is 0 Å². The molecule has 6 nitrogen and oxygen atoms in total. The van der Waals surface area contributed by atoms with Crippen LogP contribution < -0.4 is 4.72 Å². The average molecular weight is 378 g/mol. The van der Waals surface area contributed by atoms with Crippen LogP contribution in [0.25, 0.3) is 0 Å². The molecule has 1 aromatic carbocycles. The number of nitrogens with one attached hydrogen (secondary N) is 2. The first kappa shape index (κ1) is 16.1. The van der Waals surface area contributed by atoms with E-state index >= 15 is 0 Å². The van der Waals surface area contributed by atoms with E-state index in [4.69, 9.17) is 5.11 Å². The van der Waals surface area contributed by atoms with E-state index in [9.17, 15) is 12.8 Å². The molecule has 9 heteroatoms. The fourth-order valence-electron chi connectivity index (χ4n) is 1.75. The highest BCUT2D eigenvalue weighted by Crippen LogP contribution is 2.24. The fraction of sp³-hybridized carbons (Fsp3) is 0.250. The lowest BCUT2D eigenvalue weighted by Crippen LogP contribution is -2.27. The maximum Gasteiger partial charge on any atom is 0.243 e. The summed E-state index contributed by atoms with van der Waals surface area (Å²) in [4.78, 5) is 6.16. The second-order valence-corrected chi connectivity index (χ2v) is 6.91. The fourth-order valence-corrected chi connectivity index (χ4v) is 3.58. The Morgan fingerprint density at radius 1 is 1.43 bits per heavy atom. The maximum atomic E-state index is 14.0. The van der Waals surface area contributed by atoms with Gasteiger partial charge in [0.2, 0.25) is 10.0 Å². The smallest absolute Gasteiger partial charge is 0.243 e. The lowest BCUT2D eigenvalue weighted by atomic mass is 10.2. The molecule has 0 aliphatic rings. The van der Waals surface area contributed by atoms with Crippen molar-refractivity contribution in [3.05, 3.63) is 46.2 Å². The van der Waals surface area contributed by atoms with Crippen molar-refractivity contribution in [2.45, 2.75) is 17.9 Å². The summed E-state index contributed by atoms with van der Waals surface area (Å²) in [5.41, 5.74) is 0.682. The largest absolute Gasteiger partial charge is 0.392 e. The van der Waals surface area contributed by atoms with Crippen molar-refractivity contribution in [2.75, 3.05) is 6.54 Å². The van der Waals surface area contributed by atoms with Gasteiger partial charge in [0.15, 0.2) is 0 Å². The molecule has 0 spiro atoms. The first-order valence-corrected chi connectivity index (χ1v) is 8.27. The number of hydrogen-bond acceptors (Lipinski definition) is 4. The summed E-state index contributed by atoms with van der Waals surface area (Å²) in [6.07, 6.45) is 3.48. The Kier molecular flexibility index (Phi) is 5.09. The van der Waals surface area contributed by atoms with E-state index in [1.165, 1.54) is 12.4 Å². The van der Waals surface area contributed by atoms with Crippen LogP contribution in [-0.4, -0.2) is 30.0 Å². The van der Waals surface area contributed by atoms with E-state index < -0.39 is 27.3 Å². The number of aliphatic hydroxyl groups is 1. The summed E-state index contributed by atoms with van der Waals surface area (Å²) in [5, 5.41) is 9.05. The van der Waals surface area contributed by atoms with E-state index in [1.807, 2.05) is 0 Å². The molecule has 2 aromatic rings. The number of halogens is 2. The van der Waals surface area contributed by atoms with E-state index in [0.29, 0.717) is 10.9 Å². The van der Waals surface area contributed by atoms with Gasteiger partial charge in [0.25, 0.3) is 0 Å². The van der Waals surface area contributed by atoms with Gasteiger partial charge in [-0.2, -0.15) is 0 Å². The van der Waals surface area contributed by atoms with Gasteiger partial charge in [-0.1, -0.05) is 15.9 Å². The van der Waals surface area contributed by atoms with Crippen molar-refractivity contribution in [2.24, 2.45) is 0 Å². The van der Waals surface area contributed by atoms with Crippen molar-refractivity contribution in [1.82, 2.24) is 14.7 Å². The molecule has 0 fully saturated rings. The molecule has 0 atom stereocenters. The number of rotatable bonds is 6. The number of aromatic nitrogens is 2. The van der Waals surface area contributed by atoms with E-state index in [1.54, 1.807) is 6.20 Å². The zero-order valence-corrected chi connectivity index (χ0v) is 13.2. The minimum Gasteiger partial charge on any atom is -0.392 e. The monoisotopic (exact) mass is 377 g/mol. The van der Waals surface area contributed by atoms with Gasteiger partial charge in [0.05, 0.1) is 12.9 Å². The highest BCUT2D eigenvalue weighted by atomic mass is 79.9. The topological polar surface area (TPSA) is 95.1 Å². The van der Waals surface area contributed by atoms with Crippen LogP contribution in [0.4, 0.5) is 4.39 Å². The molecular formula is C12H13BrFN3O3S. The number of aromatic amines is 1. The number of nitrogens with zero attached hydrogens (tertiary/aromatic N) is 1. The van der Waals surface area contributed by atoms with E-state index in [-0.39, 0.29) is 12.1 Å². The lowest BCUT2D eigenvalue weighted by Gasteiger charge is -2.10. The Bertz CT molecular complexity index is 720. The third kappa shape index (κ3) is 3.88. The number of sulfonamides is 1. The Morgan fingerprint density at radius 3 is 2.81 bits per heavy atom. The second-order valence-electron chi connectivity index (χ2n) is 4.26. The third-order valence-corrected chi connectivity index (χ3v) is 4.70. The minimum atomic E-state index is -4.00. The standard InChI is InChI=1S/C12H13BrFN3O3S/c13-9-3-8(6-18)12(14)11(4-9)21(19,20)17-2-1-10-5-15-7-16-10/h3-5,7,17-18H,1-2,6H2,(H,15,16). The Morgan fingerprint density at radius 2 is 2.19 bits per heavy atom. The van der Waals surface area contributed by atoms with E-state index in [2.05, 4.69) is 30.6 Å². The summed E-state index contributed by atoms with van der Waals surface area (Å²) in [6.45, 7) is -0.479. The highest BCUT2D eigenvalue weighted by molar-refractivity contribution is 9.10. The minimum absolute atomic E-state index is 0.0849. The maximum absolute atomic E-state index is 14.0. The number of H-pyrrole nitrogens is 1. The van der Waals surface area contributed by atoms with Gasteiger partial charge in [-0.3, -0.25) is 0 Å². The number of imidazole rings is 1. The Balaban J connectivity index is 2.17. The zero-order chi connectivity index (χ0) is 15.5. The molecular weight excluding hydrogens is 365 g/mol. The van der Waals surface area contributed by atoms with Gasteiger partial charge in [0.1, 0.15) is 10.7 Å². The van der Waals surface area contributed by atoms with Gasteiger partial charge in [-0.25, -0.2) is 22.5 Å². The lowest BCUT2D eigenvalue weighted by molar-refractivity contribution is 0.274. The summed E-state index contributed by atoms with van der Waals surface area (Å²) >= 11 is 3.10. The van der Waals surface area contributed by atoms with Gasteiger partial charge in [-0.05, 0) is 12.1 Å². The van der Waals surface area contributed by atoms with Crippen LogP contribution in [0.1, 0.15) is 11.3 Å². The van der Waals surface area contributed by atoms with Crippen LogP contribution in [0.5, 0.6) is 0 Å². The van der Waals surface area contributed by atoms with Crippen LogP contribution in [0.15, 0.2) is 34.0 Å². The second kappa shape index (κ2) is 6.65. The normalized spacial score (nSPS) is 11.8. The third-order valence-electron chi connectivity index (χ3n) is 2.78. The van der Waals surface area contributed by atoms with Crippen molar-refractivity contribution in [3.8, 4) is 0 Å². The van der Waals surface area contributed by atoms with Crippen molar-refractivity contribution < 1.29 is 17.9 Å². The number of hydrogen-bond donors (Lipinski definition) is 3. The first-order chi connectivity index (χ1) is 9.94. The van der Waals surface area contributed by atoms with Crippen LogP contribution in [0.2, 0.25) is 0 Å². The van der Waals surface area contributed by atoms with Gasteiger partial charge >= 0.3 is 0 Å². The van der Waals surface area contributed by atoms with Crippen LogP contribution >= 0.6 is 15.9 Å². The molecule has 2 rings (SSSR count). The molecule has 0 saturated carbocycles.